The van der Waals surface area contributed by atoms with Gasteiger partial charge in [0.25, 0.3) is 0 Å². The Bertz CT molecular complexity index is 818. The lowest BCUT2D eigenvalue weighted by atomic mass is 10.2. The molecule has 0 saturated heterocycles. The summed E-state index contributed by atoms with van der Waals surface area (Å²) in [4.78, 5) is 11.4. The first-order chi connectivity index (χ1) is 10.1. The van der Waals surface area contributed by atoms with Gasteiger partial charge < -0.3 is 9.67 Å². The van der Waals surface area contributed by atoms with E-state index in [1.165, 1.54) is 0 Å². The molecule has 3 aromatic rings. The summed E-state index contributed by atoms with van der Waals surface area (Å²) in [6, 6.07) is 16.2. The smallest absolute Gasteiger partial charge is 0.333 e. The normalized spacial score (nSPS) is 12.7. The van der Waals surface area contributed by atoms with Crippen molar-refractivity contribution in [1.29, 1.82) is 0 Å². The van der Waals surface area contributed by atoms with Gasteiger partial charge in [-0.05, 0) is 25.5 Å². The minimum atomic E-state index is -0.867. The summed E-state index contributed by atoms with van der Waals surface area (Å²) >= 11 is 0. The topological polar surface area (TPSA) is 42.2 Å². The van der Waals surface area contributed by atoms with Gasteiger partial charge in [-0.1, -0.05) is 43.3 Å². The number of carboxylic acids is 1. The largest absolute Gasteiger partial charge is 0.478 e. The van der Waals surface area contributed by atoms with Crippen molar-refractivity contribution in [2.75, 3.05) is 0 Å². The molecule has 0 aliphatic carbocycles. The summed E-state index contributed by atoms with van der Waals surface area (Å²) in [5.74, 6) is -0.867. The average molecular weight is 279 g/mol. The average Bonchev–Trinajstić information content (AvgIpc) is 2.83. The fourth-order valence-corrected chi connectivity index (χ4v) is 2.93. The minimum absolute atomic E-state index is 0.393. The van der Waals surface area contributed by atoms with Crippen molar-refractivity contribution in [2.45, 2.75) is 20.3 Å². The summed E-state index contributed by atoms with van der Waals surface area (Å²) in [6.45, 7) is 3.66. The molecule has 0 fully saturated rings. The fourth-order valence-electron chi connectivity index (χ4n) is 2.93. The van der Waals surface area contributed by atoms with E-state index in [1.54, 1.807) is 6.92 Å². The van der Waals surface area contributed by atoms with Crippen LogP contribution < -0.4 is 0 Å². The molecule has 3 nitrogen and oxygen atoms in total. The second-order valence-electron chi connectivity index (χ2n) is 5.10. The Hall–Kier alpha value is -2.55. The minimum Gasteiger partial charge on any atom is -0.478 e. The van der Waals surface area contributed by atoms with Gasteiger partial charge in [-0.25, -0.2) is 4.79 Å². The molecule has 0 amide bonds. The SMILES string of the molecule is CCC(=C(C)C(=O)O)n1c2ccccc2c2ccccc21. The Balaban J connectivity index is 2.50. The highest BCUT2D eigenvalue weighted by Gasteiger charge is 2.16. The zero-order valence-corrected chi connectivity index (χ0v) is 12.1. The molecule has 1 N–H and O–H groups in total. The number of nitrogens with zero attached hydrogens (tertiary/aromatic N) is 1. The van der Waals surface area contributed by atoms with Crippen LogP contribution in [0.1, 0.15) is 20.3 Å². The van der Waals surface area contributed by atoms with Crippen LogP contribution >= 0.6 is 0 Å². The maximum absolute atomic E-state index is 11.4. The van der Waals surface area contributed by atoms with Crippen molar-refractivity contribution >= 4 is 33.5 Å². The van der Waals surface area contributed by atoms with E-state index in [0.717, 1.165) is 27.5 Å². The Morgan fingerprint density at radius 3 is 1.90 bits per heavy atom. The molecule has 2 aromatic carbocycles. The van der Waals surface area contributed by atoms with Crippen LogP contribution in [0.3, 0.4) is 0 Å². The first-order valence-corrected chi connectivity index (χ1v) is 7.06. The molecular formula is C18H17NO2. The number of hydrogen-bond donors (Lipinski definition) is 1. The van der Waals surface area contributed by atoms with Crippen LogP contribution in [-0.4, -0.2) is 15.6 Å². The van der Waals surface area contributed by atoms with E-state index in [1.807, 2.05) is 43.3 Å². The predicted molar refractivity (Wildman–Crippen MR) is 86.3 cm³/mol. The van der Waals surface area contributed by atoms with E-state index >= 15 is 0 Å². The molecule has 3 rings (SSSR count). The van der Waals surface area contributed by atoms with Crippen LogP contribution in [0.5, 0.6) is 0 Å². The van der Waals surface area contributed by atoms with Crippen molar-refractivity contribution in [3.05, 3.63) is 54.1 Å². The molecular weight excluding hydrogens is 262 g/mol. The molecule has 3 heteroatoms. The maximum atomic E-state index is 11.4. The number of rotatable bonds is 3. The number of allylic oxidation sites excluding steroid dienone is 1. The summed E-state index contributed by atoms with van der Waals surface area (Å²) in [5.41, 5.74) is 3.33. The summed E-state index contributed by atoms with van der Waals surface area (Å²) in [5, 5.41) is 11.7. The lowest BCUT2D eigenvalue weighted by Crippen LogP contribution is -2.05. The van der Waals surface area contributed by atoms with Crippen molar-refractivity contribution in [2.24, 2.45) is 0 Å². The van der Waals surface area contributed by atoms with Gasteiger partial charge in [0, 0.05) is 16.5 Å². The number of carbonyl (C=O) groups is 1. The maximum Gasteiger partial charge on any atom is 0.333 e. The van der Waals surface area contributed by atoms with Crippen molar-refractivity contribution in [3.63, 3.8) is 0 Å². The molecule has 0 atom stereocenters. The lowest BCUT2D eigenvalue weighted by molar-refractivity contribution is -0.132. The molecule has 1 aromatic heterocycles. The zero-order valence-electron chi connectivity index (χ0n) is 12.1. The van der Waals surface area contributed by atoms with Gasteiger partial charge in [0.05, 0.1) is 16.6 Å². The molecule has 106 valence electrons. The summed E-state index contributed by atoms with van der Waals surface area (Å²) in [6.07, 6.45) is 0.667. The molecule has 0 unspecified atom stereocenters. The predicted octanol–water partition coefficient (Wildman–Crippen LogP) is 4.52. The Kier molecular flexibility index (Phi) is 3.26. The first kappa shape index (κ1) is 13.4. The first-order valence-electron chi connectivity index (χ1n) is 7.06. The number of hydrogen-bond acceptors (Lipinski definition) is 1. The third-order valence-electron chi connectivity index (χ3n) is 3.94. The highest BCUT2D eigenvalue weighted by molar-refractivity contribution is 6.10. The standard InChI is InChI=1S/C18H17NO2/c1-3-15(12(2)18(20)21)19-16-10-6-4-8-13(16)14-9-5-7-11-17(14)19/h4-11H,3H2,1-2H3,(H,20,21). The van der Waals surface area contributed by atoms with E-state index in [0.29, 0.717) is 12.0 Å². The van der Waals surface area contributed by atoms with Gasteiger partial charge in [0.2, 0.25) is 0 Å². The van der Waals surface area contributed by atoms with Crippen molar-refractivity contribution in [1.82, 2.24) is 4.57 Å². The summed E-state index contributed by atoms with van der Waals surface area (Å²) in [7, 11) is 0. The van der Waals surface area contributed by atoms with E-state index < -0.39 is 5.97 Å². The van der Waals surface area contributed by atoms with E-state index in [9.17, 15) is 9.90 Å². The quantitative estimate of drug-likeness (QED) is 0.716. The summed E-state index contributed by atoms with van der Waals surface area (Å²) < 4.78 is 2.08. The van der Waals surface area contributed by atoms with Crippen LogP contribution in [0.4, 0.5) is 0 Å². The molecule has 0 aliphatic heterocycles. The van der Waals surface area contributed by atoms with Gasteiger partial charge in [-0.2, -0.15) is 0 Å². The molecule has 0 aliphatic rings. The van der Waals surface area contributed by atoms with Crippen LogP contribution in [0, 0.1) is 0 Å². The number of benzene rings is 2. The van der Waals surface area contributed by atoms with Gasteiger partial charge in [-0.3, -0.25) is 0 Å². The molecule has 0 bridgehead atoms. The van der Waals surface area contributed by atoms with Crippen LogP contribution in [-0.2, 0) is 4.79 Å². The zero-order chi connectivity index (χ0) is 15.0. The molecule has 0 spiro atoms. The Morgan fingerprint density at radius 1 is 1.00 bits per heavy atom. The Labute approximate surface area is 123 Å². The third kappa shape index (κ3) is 2.02. The number of aliphatic carboxylic acids is 1. The third-order valence-corrected chi connectivity index (χ3v) is 3.94. The van der Waals surface area contributed by atoms with Crippen molar-refractivity contribution < 1.29 is 9.90 Å². The van der Waals surface area contributed by atoms with E-state index in [2.05, 4.69) is 16.7 Å². The number of fused-ring (bicyclic) bond motifs is 3. The number of para-hydroxylation sites is 2. The van der Waals surface area contributed by atoms with Crippen LogP contribution in [0.2, 0.25) is 0 Å². The monoisotopic (exact) mass is 279 g/mol. The van der Waals surface area contributed by atoms with E-state index in [4.69, 9.17) is 0 Å². The number of carboxylic acid groups (broad SMARTS) is 1. The lowest BCUT2D eigenvalue weighted by Gasteiger charge is -2.13. The second-order valence-corrected chi connectivity index (χ2v) is 5.10. The molecule has 0 radical (unpaired) electrons. The molecule has 0 saturated carbocycles. The van der Waals surface area contributed by atoms with Crippen molar-refractivity contribution in [3.8, 4) is 0 Å². The highest BCUT2D eigenvalue weighted by atomic mass is 16.4. The fraction of sp³-hybridized carbons (Fsp3) is 0.167. The van der Waals surface area contributed by atoms with Gasteiger partial charge >= 0.3 is 5.97 Å². The number of aromatic nitrogens is 1. The van der Waals surface area contributed by atoms with E-state index in [-0.39, 0.29) is 0 Å². The molecule has 21 heavy (non-hydrogen) atoms. The van der Waals surface area contributed by atoms with Gasteiger partial charge in [-0.15, -0.1) is 0 Å². The highest BCUT2D eigenvalue weighted by Crippen LogP contribution is 2.33. The second kappa shape index (κ2) is 5.09. The Morgan fingerprint density at radius 2 is 1.48 bits per heavy atom. The van der Waals surface area contributed by atoms with Crippen LogP contribution in [0.25, 0.3) is 27.5 Å². The van der Waals surface area contributed by atoms with Gasteiger partial charge in [0.1, 0.15) is 0 Å². The van der Waals surface area contributed by atoms with Crippen LogP contribution in [0.15, 0.2) is 54.1 Å². The van der Waals surface area contributed by atoms with Gasteiger partial charge in [0.15, 0.2) is 0 Å². The molecule has 1 heterocycles.